The number of hydrogen-bond acceptors (Lipinski definition) is 3. The third-order valence-electron chi connectivity index (χ3n) is 3.40. The molecule has 1 aromatic carbocycles. The zero-order valence-corrected chi connectivity index (χ0v) is 10.6. The molecule has 0 aliphatic carbocycles. The monoisotopic (exact) mass is 251 g/mol. The number of hydrogen-bond donors (Lipinski definition) is 1. The van der Waals surface area contributed by atoms with E-state index >= 15 is 0 Å². The summed E-state index contributed by atoms with van der Waals surface area (Å²) < 4.78 is 5.64. The topological polar surface area (TPSA) is 56.8 Å². The van der Waals surface area contributed by atoms with Gasteiger partial charge in [-0.25, -0.2) is 0 Å². The van der Waals surface area contributed by atoms with Crippen LogP contribution in [0.15, 0.2) is 18.2 Å². The van der Waals surface area contributed by atoms with Crippen LogP contribution in [-0.2, 0) is 0 Å². The van der Waals surface area contributed by atoms with E-state index in [-0.39, 0.29) is 10.6 Å². The molecule has 0 spiro atoms. The number of nitro benzene ring substituents is 1. The second-order valence-electron chi connectivity index (χ2n) is 4.76. The van der Waals surface area contributed by atoms with Gasteiger partial charge in [0.1, 0.15) is 18.9 Å². The van der Waals surface area contributed by atoms with Gasteiger partial charge in [-0.15, -0.1) is 0 Å². The molecular formula is C13H19N2O3+. The van der Waals surface area contributed by atoms with Gasteiger partial charge in [0, 0.05) is 24.5 Å². The van der Waals surface area contributed by atoms with E-state index in [0.717, 1.165) is 12.3 Å². The molecule has 0 radical (unpaired) electrons. The van der Waals surface area contributed by atoms with Gasteiger partial charge in [0.15, 0.2) is 0 Å². The number of nitrogens with one attached hydrogen (secondary N) is 1. The fourth-order valence-electron chi connectivity index (χ4n) is 2.36. The van der Waals surface area contributed by atoms with Crippen LogP contribution in [0.1, 0.15) is 18.4 Å². The van der Waals surface area contributed by atoms with Crippen LogP contribution in [0.3, 0.4) is 0 Å². The van der Waals surface area contributed by atoms with Crippen molar-refractivity contribution in [3.05, 3.63) is 33.9 Å². The summed E-state index contributed by atoms with van der Waals surface area (Å²) in [5, 5.41) is 10.7. The van der Waals surface area contributed by atoms with Crippen LogP contribution in [0.2, 0.25) is 0 Å². The molecule has 0 saturated carbocycles. The highest BCUT2D eigenvalue weighted by Gasteiger charge is 2.15. The van der Waals surface area contributed by atoms with Gasteiger partial charge < -0.3 is 9.64 Å². The highest BCUT2D eigenvalue weighted by Crippen LogP contribution is 2.22. The maximum absolute atomic E-state index is 10.7. The Kier molecular flexibility index (Phi) is 4.15. The molecule has 0 unspecified atom stereocenters. The maximum atomic E-state index is 10.7. The predicted molar refractivity (Wildman–Crippen MR) is 68.1 cm³/mol. The number of likely N-dealkylation sites (tertiary alicyclic amines) is 1. The summed E-state index contributed by atoms with van der Waals surface area (Å²) in [6, 6.07) is 4.91. The summed E-state index contributed by atoms with van der Waals surface area (Å²) in [5.41, 5.74) is 0.790. The molecule has 0 aromatic heterocycles. The Morgan fingerprint density at radius 3 is 2.72 bits per heavy atom. The smallest absolute Gasteiger partial charge is 0.272 e. The first-order chi connectivity index (χ1) is 8.66. The van der Waals surface area contributed by atoms with E-state index in [0.29, 0.717) is 12.2 Å². The lowest BCUT2D eigenvalue weighted by atomic mass is 10.2. The molecule has 5 heteroatoms. The van der Waals surface area contributed by atoms with E-state index in [1.807, 2.05) is 0 Å². The van der Waals surface area contributed by atoms with Gasteiger partial charge in [-0.05, 0) is 19.1 Å². The van der Waals surface area contributed by atoms with Gasteiger partial charge in [0.25, 0.3) is 5.69 Å². The standard InChI is InChI=1S/C13H18N2O3/c1-11-10-12(4-5-13(11)15(16)17)18-9-8-14-6-2-3-7-14/h4-5,10H,2-3,6-9H2,1H3/p+1. The molecule has 98 valence electrons. The molecule has 0 bridgehead atoms. The number of quaternary nitrogens is 1. The molecule has 1 saturated heterocycles. The lowest BCUT2D eigenvalue weighted by molar-refractivity contribution is -0.887. The molecule has 1 aromatic rings. The van der Waals surface area contributed by atoms with E-state index < -0.39 is 0 Å². The highest BCUT2D eigenvalue weighted by molar-refractivity contribution is 5.44. The van der Waals surface area contributed by atoms with Crippen LogP contribution in [0.5, 0.6) is 5.75 Å². The van der Waals surface area contributed by atoms with Crippen molar-refractivity contribution in [3.63, 3.8) is 0 Å². The first-order valence-corrected chi connectivity index (χ1v) is 6.38. The zero-order chi connectivity index (χ0) is 13.0. The minimum absolute atomic E-state index is 0.146. The van der Waals surface area contributed by atoms with Crippen molar-refractivity contribution in [1.82, 2.24) is 0 Å². The lowest BCUT2D eigenvalue weighted by Crippen LogP contribution is -3.10. The molecule has 1 aliphatic heterocycles. The van der Waals surface area contributed by atoms with E-state index in [1.54, 1.807) is 24.0 Å². The Morgan fingerprint density at radius 1 is 1.39 bits per heavy atom. The Balaban J connectivity index is 1.85. The summed E-state index contributed by atoms with van der Waals surface area (Å²) in [6.45, 7) is 5.89. The summed E-state index contributed by atoms with van der Waals surface area (Å²) >= 11 is 0. The van der Waals surface area contributed by atoms with Crippen LogP contribution in [0, 0.1) is 17.0 Å². The second-order valence-corrected chi connectivity index (χ2v) is 4.76. The first kappa shape index (κ1) is 12.8. The number of nitro groups is 1. The molecule has 1 heterocycles. The molecule has 0 atom stereocenters. The molecule has 1 aliphatic rings. The average Bonchev–Trinajstić information content (AvgIpc) is 2.81. The normalized spacial score (nSPS) is 15.8. The van der Waals surface area contributed by atoms with Crippen molar-refractivity contribution in [1.29, 1.82) is 0 Å². The fraction of sp³-hybridized carbons (Fsp3) is 0.538. The Hall–Kier alpha value is -1.62. The van der Waals surface area contributed by atoms with Crippen LogP contribution in [0.4, 0.5) is 5.69 Å². The molecule has 18 heavy (non-hydrogen) atoms. The average molecular weight is 251 g/mol. The van der Waals surface area contributed by atoms with Crippen molar-refractivity contribution in [2.45, 2.75) is 19.8 Å². The number of rotatable bonds is 5. The summed E-state index contributed by atoms with van der Waals surface area (Å²) in [5.74, 6) is 0.719. The largest absolute Gasteiger partial charge is 0.488 e. The minimum Gasteiger partial charge on any atom is -0.488 e. The third-order valence-corrected chi connectivity index (χ3v) is 3.40. The number of ether oxygens (including phenoxy) is 1. The quantitative estimate of drug-likeness (QED) is 0.626. The van der Waals surface area contributed by atoms with E-state index in [2.05, 4.69) is 0 Å². The van der Waals surface area contributed by atoms with Gasteiger partial charge in [-0.2, -0.15) is 0 Å². The van der Waals surface area contributed by atoms with Gasteiger partial charge in [0.05, 0.1) is 18.0 Å². The van der Waals surface area contributed by atoms with Crippen molar-refractivity contribution in [3.8, 4) is 5.75 Å². The zero-order valence-electron chi connectivity index (χ0n) is 10.6. The Labute approximate surface area is 107 Å². The van der Waals surface area contributed by atoms with Crippen LogP contribution < -0.4 is 9.64 Å². The van der Waals surface area contributed by atoms with E-state index in [1.165, 1.54) is 32.0 Å². The molecule has 2 rings (SSSR count). The minimum atomic E-state index is -0.368. The number of aryl methyl sites for hydroxylation is 1. The second kappa shape index (κ2) is 5.82. The lowest BCUT2D eigenvalue weighted by Gasteiger charge is -2.12. The first-order valence-electron chi connectivity index (χ1n) is 6.38. The molecule has 5 nitrogen and oxygen atoms in total. The summed E-state index contributed by atoms with van der Waals surface area (Å²) in [7, 11) is 0. The molecule has 1 N–H and O–H groups in total. The van der Waals surface area contributed by atoms with Crippen LogP contribution in [0.25, 0.3) is 0 Å². The van der Waals surface area contributed by atoms with Crippen molar-refractivity contribution >= 4 is 5.69 Å². The van der Waals surface area contributed by atoms with Gasteiger partial charge >= 0.3 is 0 Å². The summed E-state index contributed by atoms with van der Waals surface area (Å²) in [6.07, 6.45) is 2.62. The molecule has 0 amide bonds. The highest BCUT2D eigenvalue weighted by atomic mass is 16.6. The van der Waals surface area contributed by atoms with Crippen molar-refractivity contribution < 1.29 is 14.6 Å². The Bertz CT molecular complexity index is 428. The fourth-order valence-corrected chi connectivity index (χ4v) is 2.36. The number of benzene rings is 1. The molecular weight excluding hydrogens is 232 g/mol. The summed E-state index contributed by atoms with van der Waals surface area (Å²) in [4.78, 5) is 11.9. The van der Waals surface area contributed by atoms with Gasteiger partial charge in [0.2, 0.25) is 0 Å². The predicted octanol–water partition coefficient (Wildman–Crippen LogP) is 0.961. The van der Waals surface area contributed by atoms with Crippen LogP contribution >= 0.6 is 0 Å². The maximum Gasteiger partial charge on any atom is 0.272 e. The van der Waals surface area contributed by atoms with Gasteiger partial charge in [-0.1, -0.05) is 0 Å². The van der Waals surface area contributed by atoms with Gasteiger partial charge in [-0.3, -0.25) is 10.1 Å². The molecule has 1 fully saturated rings. The SMILES string of the molecule is Cc1cc(OCC[NH+]2CCCC2)ccc1[N+](=O)[O-]. The Morgan fingerprint density at radius 2 is 2.11 bits per heavy atom. The van der Waals surface area contributed by atoms with E-state index in [9.17, 15) is 10.1 Å². The third kappa shape index (κ3) is 3.20. The van der Waals surface area contributed by atoms with Crippen molar-refractivity contribution in [2.24, 2.45) is 0 Å². The van der Waals surface area contributed by atoms with E-state index in [4.69, 9.17) is 4.74 Å². The van der Waals surface area contributed by atoms with Crippen molar-refractivity contribution in [2.75, 3.05) is 26.2 Å². The number of nitrogens with zero attached hydrogens (tertiary/aromatic N) is 1. The van der Waals surface area contributed by atoms with Crippen LogP contribution in [-0.4, -0.2) is 31.2 Å².